The van der Waals surface area contributed by atoms with Gasteiger partial charge in [-0.05, 0) is 18.5 Å². The summed E-state index contributed by atoms with van der Waals surface area (Å²) in [6.07, 6.45) is 3.59. The summed E-state index contributed by atoms with van der Waals surface area (Å²) in [6, 6.07) is 1.86. The molecule has 0 fully saturated rings. The van der Waals surface area contributed by atoms with E-state index in [1.54, 1.807) is 4.68 Å². The van der Waals surface area contributed by atoms with Crippen molar-refractivity contribution in [3.05, 3.63) is 18.2 Å². The van der Waals surface area contributed by atoms with Crippen LogP contribution in [-0.4, -0.2) is 26.5 Å². The molecule has 6 nitrogen and oxygen atoms in total. The van der Waals surface area contributed by atoms with Gasteiger partial charge in [0.25, 0.3) is 0 Å². The number of hydrogen-bond donors (Lipinski definition) is 1. The highest BCUT2D eigenvalue weighted by atomic mass is 16.5. The van der Waals surface area contributed by atoms with Gasteiger partial charge in [0.2, 0.25) is 11.7 Å². The van der Waals surface area contributed by atoms with Gasteiger partial charge in [0.1, 0.15) is 5.69 Å². The van der Waals surface area contributed by atoms with E-state index in [4.69, 9.17) is 10.3 Å². The zero-order valence-electron chi connectivity index (χ0n) is 10.1. The van der Waals surface area contributed by atoms with Crippen molar-refractivity contribution in [3.63, 3.8) is 0 Å². The largest absolute Gasteiger partial charge is 0.339 e. The van der Waals surface area contributed by atoms with E-state index in [0.29, 0.717) is 24.2 Å². The van der Waals surface area contributed by atoms with Gasteiger partial charge in [-0.15, -0.1) is 0 Å². The third-order valence-electron chi connectivity index (χ3n) is 2.78. The first-order chi connectivity index (χ1) is 8.22. The topological polar surface area (TPSA) is 82.8 Å². The lowest BCUT2D eigenvalue weighted by Crippen LogP contribution is -2.15. The Kier molecular flexibility index (Phi) is 3.53. The lowest BCUT2D eigenvalue weighted by molar-refractivity contribution is 0.350. The molecule has 0 aliphatic rings. The molecule has 0 amide bonds. The van der Waals surface area contributed by atoms with Gasteiger partial charge < -0.3 is 10.3 Å². The van der Waals surface area contributed by atoms with Crippen LogP contribution in [-0.2, 0) is 13.5 Å². The average Bonchev–Trinajstić information content (AvgIpc) is 2.94. The maximum absolute atomic E-state index is 5.65. The quantitative estimate of drug-likeness (QED) is 0.835. The van der Waals surface area contributed by atoms with E-state index in [0.717, 1.165) is 18.5 Å². The first-order valence-electron chi connectivity index (χ1n) is 5.75. The van der Waals surface area contributed by atoms with Crippen LogP contribution >= 0.6 is 0 Å². The highest BCUT2D eigenvalue weighted by Gasteiger charge is 2.14. The van der Waals surface area contributed by atoms with Crippen LogP contribution < -0.4 is 5.73 Å². The van der Waals surface area contributed by atoms with Crippen molar-refractivity contribution >= 4 is 0 Å². The molecule has 0 aliphatic heterocycles. The molecule has 17 heavy (non-hydrogen) atoms. The molecule has 0 saturated heterocycles. The Labute approximate surface area is 99.8 Å². The van der Waals surface area contributed by atoms with Crippen LogP contribution in [0.3, 0.4) is 0 Å². The van der Waals surface area contributed by atoms with Gasteiger partial charge in [0.05, 0.1) is 0 Å². The molecule has 2 aromatic rings. The fraction of sp³-hybridized carbons (Fsp3) is 0.545. The van der Waals surface area contributed by atoms with Crippen LogP contribution in [0.1, 0.15) is 19.2 Å². The maximum Gasteiger partial charge on any atom is 0.227 e. The number of hydrogen-bond acceptors (Lipinski definition) is 5. The summed E-state index contributed by atoms with van der Waals surface area (Å²) in [6.45, 7) is 2.74. The smallest absolute Gasteiger partial charge is 0.227 e. The minimum Gasteiger partial charge on any atom is -0.339 e. The minimum absolute atomic E-state index is 0.395. The zero-order chi connectivity index (χ0) is 12.3. The summed E-state index contributed by atoms with van der Waals surface area (Å²) in [5, 5.41) is 8.14. The molecule has 1 unspecified atom stereocenters. The average molecular weight is 235 g/mol. The first kappa shape index (κ1) is 11.8. The SMILES string of the molecule is CCC(CN)Cc1nc(-c2ccn(C)n2)no1. The Bertz CT molecular complexity index is 472. The van der Waals surface area contributed by atoms with Crippen molar-refractivity contribution in [3.8, 4) is 11.5 Å². The number of aryl methyl sites for hydroxylation is 1. The third-order valence-corrected chi connectivity index (χ3v) is 2.78. The van der Waals surface area contributed by atoms with Gasteiger partial charge in [-0.3, -0.25) is 4.68 Å². The van der Waals surface area contributed by atoms with Gasteiger partial charge in [0.15, 0.2) is 0 Å². The standard InChI is InChI=1S/C11H17N5O/c1-3-8(7-12)6-10-13-11(15-17-10)9-4-5-16(2)14-9/h4-5,8H,3,6-7,12H2,1-2H3. The van der Waals surface area contributed by atoms with Crippen molar-refractivity contribution in [2.75, 3.05) is 6.54 Å². The van der Waals surface area contributed by atoms with Gasteiger partial charge >= 0.3 is 0 Å². The maximum atomic E-state index is 5.65. The van der Waals surface area contributed by atoms with Crippen LogP contribution in [0, 0.1) is 5.92 Å². The summed E-state index contributed by atoms with van der Waals surface area (Å²) in [4.78, 5) is 4.32. The summed E-state index contributed by atoms with van der Waals surface area (Å²) < 4.78 is 6.90. The van der Waals surface area contributed by atoms with E-state index in [1.165, 1.54) is 0 Å². The first-order valence-corrected chi connectivity index (χ1v) is 5.75. The molecule has 92 valence electrons. The second kappa shape index (κ2) is 5.09. The molecule has 0 radical (unpaired) electrons. The third kappa shape index (κ3) is 2.71. The molecule has 0 bridgehead atoms. The Morgan fingerprint density at radius 3 is 2.94 bits per heavy atom. The molecular formula is C11H17N5O. The molecule has 2 N–H and O–H groups in total. The molecule has 2 aromatic heterocycles. The minimum atomic E-state index is 0.395. The van der Waals surface area contributed by atoms with Gasteiger partial charge in [-0.2, -0.15) is 10.1 Å². The van der Waals surface area contributed by atoms with E-state index in [-0.39, 0.29) is 0 Å². The van der Waals surface area contributed by atoms with Gasteiger partial charge in [0, 0.05) is 19.7 Å². The van der Waals surface area contributed by atoms with Crippen LogP contribution in [0.5, 0.6) is 0 Å². The van der Waals surface area contributed by atoms with Crippen molar-refractivity contribution < 1.29 is 4.52 Å². The molecule has 0 saturated carbocycles. The Morgan fingerprint density at radius 2 is 2.35 bits per heavy atom. The second-order valence-electron chi connectivity index (χ2n) is 4.10. The normalized spacial score (nSPS) is 12.9. The lowest BCUT2D eigenvalue weighted by Gasteiger charge is -2.07. The summed E-state index contributed by atoms with van der Waals surface area (Å²) in [5.41, 5.74) is 6.37. The van der Waals surface area contributed by atoms with Crippen molar-refractivity contribution in [1.29, 1.82) is 0 Å². The van der Waals surface area contributed by atoms with Crippen LogP contribution in [0.15, 0.2) is 16.8 Å². The fourth-order valence-electron chi connectivity index (χ4n) is 1.62. The Morgan fingerprint density at radius 1 is 1.53 bits per heavy atom. The molecule has 0 aliphatic carbocycles. The van der Waals surface area contributed by atoms with Gasteiger partial charge in [-0.25, -0.2) is 0 Å². The molecule has 6 heteroatoms. The molecule has 0 aromatic carbocycles. The fourth-order valence-corrected chi connectivity index (χ4v) is 1.62. The van der Waals surface area contributed by atoms with E-state index in [2.05, 4.69) is 22.2 Å². The number of rotatable bonds is 5. The molecular weight excluding hydrogens is 218 g/mol. The van der Waals surface area contributed by atoms with E-state index < -0.39 is 0 Å². The highest BCUT2D eigenvalue weighted by molar-refractivity contribution is 5.46. The lowest BCUT2D eigenvalue weighted by atomic mass is 10.0. The van der Waals surface area contributed by atoms with Crippen LogP contribution in [0.25, 0.3) is 11.5 Å². The molecule has 2 heterocycles. The van der Waals surface area contributed by atoms with E-state index in [1.807, 2.05) is 19.3 Å². The van der Waals surface area contributed by atoms with Crippen molar-refractivity contribution in [2.45, 2.75) is 19.8 Å². The number of nitrogens with two attached hydrogens (primary N) is 1. The Balaban J connectivity index is 2.10. The Hall–Kier alpha value is -1.69. The predicted molar refractivity (Wildman–Crippen MR) is 63.0 cm³/mol. The predicted octanol–water partition coefficient (Wildman–Crippen LogP) is 0.997. The molecule has 2 rings (SSSR count). The van der Waals surface area contributed by atoms with Crippen LogP contribution in [0.4, 0.5) is 0 Å². The highest BCUT2D eigenvalue weighted by Crippen LogP contribution is 2.15. The van der Waals surface area contributed by atoms with Crippen molar-refractivity contribution in [1.82, 2.24) is 19.9 Å². The summed E-state index contributed by atoms with van der Waals surface area (Å²) in [5.74, 6) is 1.56. The molecule has 1 atom stereocenters. The summed E-state index contributed by atoms with van der Waals surface area (Å²) in [7, 11) is 1.85. The van der Waals surface area contributed by atoms with Crippen LogP contribution in [0.2, 0.25) is 0 Å². The second-order valence-corrected chi connectivity index (χ2v) is 4.10. The van der Waals surface area contributed by atoms with E-state index in [9.17, 15) is 0 Å². The van der Waals surface area contributed by atoms with E-state index >= 15 is 0 Å². The number of aromatic nitrogens is 4. The zero-order valence-corrected chi connectivity index (χ0v) is 10.1. The van der Waals surface area contributed by atoms with Gasteiger partial charge in [-0.1, -0.05) is 18.5 Å². The van der Waals surface area contributed by atoms with Crippen molar-refractivity contribution in [2.24, 2.45) is 18.7 Å². The number of nitrogens with zero attached hydrogens (tertiary/aromatic N) is 4. The summed E-state index contributed by atoms with van der Waals surface area (Å²) >= 11 is 0. The monoisotopic (exact) mass is 235 g/mol. The molecule has 0 spiro atoms.